The number of hydrogen-bond acceptors (Lipinski definition) is 4. The molecule has 7 heteroatoms. The van der Waals surface area contributed by atoms with Crippen LogP contribution in [0, 0.1) is 0 Å². The first kappa shape index (κ1) is 17.4. The van der Waals surface area contributed by atoms with E-state index in [1.165, 1.54) is 13.8 Å². The van der Waals surface area contributed by atoms with Gasteiger partial charge in [0.15, 0.2) is 0 Å². The first-order valence-electron chi connectivity index (χ1n) is 7.24. The summed E-state index contributed by atoms with van der Waals surface area (Å²) < 4.78 is 0. The molecule has 1 rings (SSSR count). The standard InChI is InChI=1S/C14H26N4O3/c1-12(19)16-7-9-17(10-8-16)14(21)11-18(13(2)20)6-5-15(3)4/h5-11H2,1-4H3. The lowest BCUT2D eigenvalue weighted by atomic mass is 10.3. The highest BCUT2D eigenvalue weighted by Gasteiger charge is 2.24. The molecule has 120 valence electrons. The van der Waals surface area contributed by atoms with Crippen molar-refractivity contribution in [3.05, 3.63) is 0 Å². The van der Waals surface area contributed by atoms with Gasteiger partial charge in [-0.3, -0.25) is 14.4 Å². The van der Waals surface area contributed by atoms with Crippen molar-refractivity contribution in [2.24, 2.45) is 0 Å². The molecule has 0 aliphatic carbocycles. The van der Waals surface area contributed by atoms with Gasteiger partial charge < -0.3 is 19.6 Å². The fourth-order valence-corrected chi connectivity index (χ4v) is 2.20. The van der Waals surface area contributed by atoms with Crippen LogP contribution in [0.15, 0.2) is 0 Å². The van der Waals surface area contributed by atoms with E-state index in [0.29, 0.717) is 32.7 Å². The number of piperazine rings is 1. The molecule has 0 aromatic rings. The van der Waals surface area contributed by atoms with Gasteiger partial charge >= 0.3 is 0 Å². The van der Waals surface area contributed by atoms with Gasteiger partial charge in [0.2, 0.25) is 17.7 Å². The van der Waals surface area contributed by atoms with Crippen LogP contribution >= 0.6 is 0 Å². The van der Waals surface area contributed by atoms with Gasteiger partial charge in [0.25, 0.3) is 0 Å². The summed E-state index contributed by atoms with van der Waals surface area (Å²) in [5.74, 6) is -0.0989. The Labute approximate surface area is 126 Å². The molecular formula is C14H26N4O3. The van der Waals surface area contributed by atoms with Crippen molar-refractivity contribution in [2.45, 2.75) is 13.8 Å². The largest absolute Gasteiger partial charge is 0.339 e. The smallest absolute Gasteiger partial charge is 0.242 e. The quantitative estimate of drug-likeness (QED) is 0.659. The molecule has 0 N–H and O–H groups in total. The first-order chi connectivity index (χ1) is 9.81. The van der Waals surface area contributed by atoms with Crippen molar-refractivity contribution in [3.8, 4) is 0 Å². The van der Waals surface area contributed by atoms with Crippen LogP contribution in [-0.2, 0) is 14.4 Å². The molecule has 0 aromatic heterocycles. The van der Waals surface area contributed by atoms with Crippen LogP contribution in [-0.4, -0.2) is 97.2 Å². The summed E-state index contributed by atoms with van der Waals surface area (Å²) in [5, 5.41) is 0. The Morgan fingerprint density at radius 1 is 0.905 bits per heavy atom. The Balaban J connectivity index is 2.47. The number of carbonyl (C=O) groups excluding carboxylic acids is 3. The zero-order valence-electron chi connectivity index (χ0n) is 13.5. The first-order valence-corrected chi connectivity index (χ1v) is 7.24. The second kappa shape index (κ2) is 7.97. The van der Waals surface area contributed by atoms with Crippen molar-refractivity contribution in [3.63, 3.8) is 0 Å². The zero-order chi connectivity index (χ0) is 16.0. The lowest BCUT2D eigenvalue weighted by molar-refractivity contribution is -0.142. The summed E-state index contributed by atoms with van der Waals surface area (Å²) in [6.07, 6.45) is 0. The molecule has 1 aliphatic rings. The minimum atomic E-state index is -0.0902. The maximum atomic E-state index is 12.2. The van der Waals surface area contributed by atoms with Crippen molar-refractivity contribution in [1.82, 2.24) is 19.6 Å². The number of rotatable bonds is 5. The SMILES string of the molecule is CC(=O)N1CCN(C(=O)CN(CCN(C)C)C(C)=O)CC1. The summed E-state index contributed by atoms with van der Waals surface area (Å²) in [7, 11) is 3.86. The second-order valence-corrected chi connectivity index (χ2v) is 5.63. The van der Waals surface area contributed by atoms with Gasteiger partial charge in [0.05, 0.1) is 6.54 Å². The van der Waals surface area contributed by atoms with Crippen LogP contribution in [0.4, 0.5) is 0 Å². The Bertz CT molecular complexity index is 390. The molecule has 1 heterocycles. The number of carbonyl (C=O) groups is 3. The zero-order valence-corrected chi connectivity index (χ0v) is 13.5. The lowest BCUT2D eigenvalue weighted by Crippen LogP contribution is -2.53. The number of hydrogen-bond donors (Lipinski definition) is 0. The van der Waals surface area contributed by atoms with E-state index in [4.69, 9.17) is 0 Å². The fraction of sp³-hybridized carbons (Fsp3) is 0.786. The molecule has 3 amide bonds. The van der Waals surface area contributed by atoms with Crippen molar-refractivity contribution >= 4 is 17.7 Å². The molecule has 7 nitrogen and oxygen atoms in total. The van der Waals surface area contributed by atoms with Gasteiger partial charge in [-0.25, -0.2) is 0 Å². The van der Waals surface area contributed by atoms with Crippen LogP contribution in [0.1, 0.15) is 13.8 Å². The maximum absolute atomic E-state index is 12.2. The summed E-state index contributed by atoms with van der Waals surface area (Å²) in [5.41, 5.74) is 0. The molecule has 0 saturated carbocycles. The van der Waals surface area contributed by atoms with E-state index < -0.39 is 0 Å². The average molecular weight is 298 g/mol. The summed E-state index contributed by atoms with van der Waals surface area (Å²) in [6, 6.07) is 0. The molecule has 0 atom stereocenters. The number of likely N-dealkylation sites (N-methyl/N-ethyl adjacent to an activating group) is 1. The van der Waals surface area contributed by atoms with E-state index in [1.807, 2.05) is 19.0 Å². The second-order valence-electron chi connectivity index (χ2n) is 5.63. The Morgan fingerprint density at radius 3 is 1.86 bits per heavy atom. The predicted molar refractivity (Wildman–Crippen MR) is 79.6 cm³/mol. The molecule has 0 spiro atoms. The normalized spacial score (nSPS) is 15.3. The molecular weight excluding hydrogens is 272 g/mol. The van der Waals surface area contributed by atoms with E-state index in [1.54, 1.807) is 14.7 Å². The third-order valence-corrected chi connectivity index (χ3v) is 3.67. The predicted octanol–water partition coefficient (Wildman–Crippen LogP) is -0.913. The molecule has 0 aromatic carbocycles. The van der Waals surface area contributed by atoms with E-state index in [-0.39, 0.29) is 24.3 Å². The Morgan fingerprint density at radius 2 is 1.43 bits per heavy atom. The van der Waals surface area contributed by atoms with Gasteiger partial charge in [0, 0.05) is 53.1 Å². The minimum Gasteiger partial charge on any atom is -0.339 e. The highest BCUT2D eigenvalue weighted by Crippen LogP contribution is 2.04. The van der Waals surface area contributed by atoms with Crippen LogP contribution in [0.5, 0.6) is 0 Å². The highest BCUT2D eigenvalue weighted by atomic mass is 16.2. The molecule has 1 saturated heterocycles. The van der Waals surface area contributed by atoms with Crippen molar-refractivity contribution < 1.29 is 14.4 Å². The van der Waals surface area contributed by atoms with Gasteiger partial charge in [0.1, 0.15) is 0 Å². The summed E-state index contributed by atoms with van der Waals surface area (Å²) in [4.78, 5) is 42.1. The van der Waals surface area contributed by atoms with E-state index in [9.17, 15) is 14.4 Å². The van der Waals surface area contributed by atoms with Gasteiger partial charge in [-0.05, 0) is 14.1 Å². The molecule has 21 heavy (non-hydrogen) atoms. The summed E-state index contributed by atoms with van der Waals surface area (Å²) >= 11 is 0. The Hall–Kier alpha value is -1.63. The van der Waals surface area contributed by atoms with Gasteiger partial charge in [-0.1, -0.05) is 0 Å². The van der Waals surface area contributed by atoms with Crippen molar-refractivity contribution in [1.29, 1.82) is 0 Å². The third-order valence-electron chi connectivity index (χ3n) is 3.67. The van der Waals surface area contributed by atoms with Crippen LogP contribution in [0.3, 0.4) is 0 Å². The number of nitrogens with zero attached hydrogens (tertiary/aromatic N) is 4. The number of amides is 3. The maximum Gasteiger partial charge on any atom is 0.242 e. The lowest BCUT2D eigenvalue weighted by Gasteiger charge is -2.35. The monoisotopic (exact) mass is 298 g/mol. The molecule has 0 unspecified atom stereocenters. The van der Waals surface area contributed by atoms with Crippen LogP contribution < -0.4 is 0 Å². The minimum absolute atomic E-state index is 0.0402. The molecule has 0 radical (unpaired) electrons. The highest BCUT2D eigenvalue weighted by molar-refractivity contribution is 5.84. The van der Waals surface area contributed by atoms with Crippen LogP contribution in [0.2, 0.25) is 0 Å². The topological polar surface area (TPSA) is 64.2 Å². The molecule has 1 aliphatic heterocycles. The summed E-state index contributed by atoms with van der Waals surface area (Å²) in [6.45, 7) is 6.62. The average Bonchev–Trinajstić information content (AvgIpc) is 2.42. The third kappa shape index (κ3) is 5.71. The van der Waals surface area contributed by atoms with E-state index >= 15 is 0 Å². The fourth-order valence-electron chi connectivity index (χ4n) is 2.20. The van der Waals surface area contributed by atoms with Gasteiger partial charge in [-0.15, -0.1) is 0 Å². The molecule has 0 bridgehead atoms. The van der Waals surface area contributed by atoms with Crippen LogP contribution in [0.25, 0.3) is 0 Å². The van der Waals surface area contributed by atoms with Crippen molar-refractivity contribution in [2.75, 3.05) is 59.9 Å². The van der Waals surface area contributed by atoms with E-state index in [2.05, 4.69) is 0 Å². The Kier molecular flexibility index (Phi) is 6.61. The van der Waals surface area contributed by atoms with Gasteiger partial charge in [-0.2, -0.15) is 0 Å². The van der Waals surface area contributed by atoms with E-state index in [0.717, 1.165) is 6.54 Å². The molecule has 1 fully saturated rings.